The predicted octanol–water partition coefficient (Wildman–Crippen LogP) is 3.48. The third-order valence-corrected chi connectivity index (χ3v) is 5.74. The molecule has 0 unspecified atom stereocenters. The zero-order chi connectivity index (χ0) is 21.6. The lowest BCUT2D eigenvalue weighted by Gasteiger charge is -2.22. The lowest BCUT2D eigenvalue weighted by atomic mass is 10.1. The summed E-state index contributed by atoms with van der Waals surface area (Å²) < 4.78 is 5.71. The molecular weight excluding hydrogens is 390 g/mol. The summed E-state index contributed by atoms with van der Waals surface area (Å²) in [5.74, 6) is 0.939. The van der Waals surface area contributed by atoms with E-state index in [1.165, 1.54) is 31.5 Å². The summed E-state index contributed by atoms with van der Waals surface area (Å²) in [4.78, 5) is 25.6. The van der Waals surface area contributed by atoms with Crippen molar-refractivity contribution in [3.8, 4) is 6.01 Å². The molecule has 7 nitrogen and oxygen atoms in total. The number of aromatic nitrogens is 2. The van der Waals surface area contributed by atoms with Crippen molar-refractivity contribution in [3.63, 3.8) is 0 Å². The highest BCUT2D eigenvalue weighted by Crippen LogP contribution is 2.30. The molecule has 0 spiro atoms. The Bertz CT molecular complexity index is 953. The van der Waals surface area contributed by atoms with Crippen LogP contribution < -0.4 is 15.4 Å². The summed E-state index contributed by atoms with van der Waals surface area (Å²) in [6.07, 6.45) is 8.10. The van der Waals surface area contributed by atoms with Crippen LogP contribution in [0, 0.1) is 0 Å². The lowest BCUT2D eigenvalue weighted by molar-refractivity contribution is -0.114. The van der Waals surface area contributed by atoms with Crippen LogP contribution in [0.5, 0.6) is 6.01 Å². The van der Waals surface area contributed by atoms with Gasteiger partial charge in [0.15, 0.2) is 5.78 Å². The second-order valence-electron chi connectivity index (χ2n) is 8.29. The molecule has 3 heterocycles. The summed E-state index contributed by atoms with van der Waals surface area (Å²) >= 11 is 0. The van der Waals surface area contributed by atoms with Crippen LogP contribution in [-0.4, -0.2) is 40.3 Å². The van der Waals surface area contributed by atoms with Crippen molar-refractivity contribution in [3.05, 3.63) is 53.2 Å². The Morgan fingerprint density at radius 3 is 2.68 bits per heavy atom. The number of fused-ring (bicyclic) bond motifs is 1. The van der Waals surface area contributed by atoms with Gasteiger partial charge in [0.1, 0.15) is 11.6 Å². The molecule has 2 aliphatic heterocycles. The third-order valence-electron chi connectivity index (χ3n) is 5.74. The molecule has 31 heavy (non-hydrogen) atoms. The van der Waals surface area contributed by atoms with E-state index >= 15 is 0 Å². The normalized spacial score (nSPS) is 16.4. The maximum Gasteiger partial charge on any atom is 0.320 e. The molecule has 0 bridgehead atoms. The Morgan fingerprint density at radius 1 is 1.13 bits per heavy atom. The van der Waals surface area contributed by atoms with Gasteiger partial charge in [-0.25, -0.2) is 0 Å². The van der Waals surface area contributed by atoms with Crippen LogP contribution in [-0.2, 0) is 24.3 Å². The maximum absolute atomic E-state index is 12.3. The quantitative estimate of drug-likeness (QED) is 0.653. The van der Waals surface area contributed by atoms with Crippen molar-refractivity contribution >= 4 is 17.4 Å². The van der Waals surface area contributed by atoms with Gasteiger partial charge in [-0.3, -0.25) is 9.69 Å². The number of nitrogen functional groups attached to an aromatic ring is 1. The fourth-order valence-electron chi connectivity index (χ4n) is 4.07. The largest absolute Gasteiger partial charge is 0.463 e. The highest BCUT2D eigenvalue weighted by atomic mass is 16.5. The van der Waals surface area contributed by atoms with Crippen molar-refractivity contribution in [2.75, 3.05) is 30.3 Å². The van der Waals surface area contributed by atoms with Gasteiger partial charge in [-0.15, -0.1) is 0 Å². The molecule has 0 atom stereocenters. The Hall–Kier alpha value is -2.93. The molecule has 164 valence electrons. The van der Waals surface area contributed by atoms with Gasteiger partial charge in [0.2, 0.25) is 0 Å². The number of carbonyl (C=O) groups excluding carboxylic acids is 1. The van der Waals surface area contributed by atoms with E-state index in [1.807, 2.05) is 4.90 Å². The molecule has 1 saturated heterocycles. The standard InChI is InChI=1S/C24H31N5O2/c1-2-3-13-31-24-26-22(25)21-15-20(30)9-12-29(23(21)27-24)17-19-8-6-7-18(14-19)16-28-10-4-5-11-28/h6-9,12,14H,2-5,10-11,13,15-17H2,1H3,(H2,25,26,27). The van der Waals surface area contributed by atoms with Gasteiger partial charge in [0, 0.05) is 31.3 Å². The lowest BCUT2D eigenvalue weighted by Crippen LogP contribution is -2.20. The smallest absolute Gasteiger partial charge is 0.320 e. The first-order chi connectivity index (χ1) is 15.1. The van der Waals surface area contributed by atoms with E-state index in [4.69, 9.17) is 10.5 Å². The van der Waals surface area contributed by atoms with Crippen molar-refractivity contribution in [1.82, 2.24) is 14.9 Å². The first kappa shape index (κ1) is 21.3. The van der Waals surface area contributed by atoms with Crippen LogP contribution in [0.1, 0.15) is 49.3 Å². The monoisotopic (exact) mass is 421 g/mol. The zero-order valence-electron chi connectivity index (χ0n) is 18.2. The van der Waals surface area contributed by atoms with E-state index in [-0.39, 0.29) is 18.2 Å². The van der Waals surface area contributed by atoms with Gasteiger partial charge in [-0.1, -0.05) is 37.6 Å². The molecule has 2 N–H and O–H groups in total. The Morgan fingerprint density at radius 2 is 1.90 bits per heavy atom. The number of ether oxygens (including phenoxy) is 1. The molecule has 0 radical (unpaired) electrons. The number of anilines is 2. The van der Waals surface area contributed by atoms with E-state index in [2.05, 4.69) is 46.1 Å². The van der Waals surface area contributed by atoms with Gasteiger partial charge in [0.25, 0.3) is 0 Å². The Balaban J connectivity index is 1.58. The maximum atomic E-state index is 12.3. The predicted molar refractivity (Wildman–Crippen MR) is 122 cm³/mol. The molecule has 0 amide bonds. The number of nitrogens with zero attached hydrogens (tertiary/aromatic N) is 4. The number of carbonyl (C=O) groups is 1. The van der Waals surface area contributed by atoms with Crippen molar-refractivity contribution in [1.29, 1.82) is 0 Å². The van der Waals surface area contributed by atoms with Crippen LogP contribution in [0.2, 0.25) is 0 Å². The van der Waals surface area contributed by atoms with Crippen LogP contribution >= 0.6 is 0 Å². The van der Waals surface area contributed by atoms with E-state index in [0.29, 0.717) is 30.4 Å². The number of nitrogens with two attached hydrogens (primary N) is 1. The molecule has 1 aromatic heterocycles. The van der Waals surface area contributed by atoms with E-state index in [1.54, 1.807) is 12.3 Å². The number of unbranched alkanes of at least 4 members (excludes halogenated alkanes) is 1. The Kier molecular flexibility index (Phi) is 6.82. The SMILES string of the molecule is CCCCOc1nc(N)c2c(n1)N(Cc1cccc(CN3CCCC3)c1)C=CC(=O)C2. The minimum atomic E-state index is -0.0125. The molecular formula is C24H31N5O2. The first-order valence-corrected chi connectivity index (χ1v) is 11.2. The van der Waals surface area contributed by atoms with Crippen LogP contribution in [0.25, 0.3) is 0 Å². The van der Waals surface area contributed by atoms with Crippen molar-refractivity contribution in [2.24, 2.45) is 0 Å². The number of likely N-dealkylation sites (tertiary alicyclic amines) is 1. The minimum Gasteiger partial charge on any atom is -0.463 e. The molecule has 0 saturated carbocycles. The third kappa shape index (κ3) is 5.41. The summed E-state index contributed by atoms with van der Waals surface area (Å²) in [7, 11) is 0. The zero-order valence-corrected chi connectivity index (χ0v) is 18.2. The van der Waals surface area contributed by atoms with E-state index in [9.17, 15) is 4.79 Å². The number of hydrogen-bond acceptors (Lipinski definition) is 7. The highest BCUT2D eigenvalue weighted by Gasteiger charge is 2.23. The minimum absolute atomic E-state index is 0.0125. The first-order valence-electron chi connectivity index (χ1n) is 11.2. The van der Waals surface area contributed by atoms with Gasteiger partial charge < -0.3 is 15.4 Å². The molecule has 1 fully saturated rings. The highest BCUT2D eigenvalue weighted by molar-refractivity contribution is 5.94. The topological polar surface area (TPSA) is 84.6 Å². The van der Waals surface area contributed by atoms with Crippen LogP contribution in [0.4, 0.5) is 11.6 Å². The summed E-state index contributed by atoms with van der Waals surface area (Å²) in [6.45, 7) is 6.56. The van der Waals surface area contributed by atoms with Gasteiger partial charge in [-0.05, 0) is 49.6 Å². The number of allylic oxidation sites excluding steroid dienone is 1. The molecule has 2 aliphatic rings. The second kappa shape index (κ2) is 9.92. The second-order valence-corrected chi connectivity index (χ2v) is 8.29. The van der Waals surface area contributed by atoms with E-state index in [0.717, 1.165) is 24.9 Å². The van der Waals surface area contributed by atoms with Crippen LogP contribution in [0.3, 0.4) is 0 Å². The number of hydrogen-bond donors (Lipinski definition) is 1. The van der Waals surface area contributed by atoms with Gasteiger partial charge in [-0.2, -0.15) is 9.97 Å². The number of ketones is 1. The molecule has 1 aromatic carbocycles. The summed E-state index contributed by atoms with van der Waals surface area (Å²) in [5, 5.41) is 0. The summed E-state index contributed by atoms with van der Waals surface area (Å²) in [6, 6.07) is 8.89. The van der Waals surface area contributed by atoms with Crippen molar-refractivity contribution < 1.29 is 9.53 Å². The Labute approximate surface area is 183 Å². The van der Waals surface area contributed by atoms with E-state index < -0.39 is 0 Å². The number of rotatable bonds is 8. The molecule has 7 heteroatoms. The van der Waals surface area contributed by atoms with Crippen LogP contribution in [0.15, 0.2) is 36.5 Å². The van der Waals surface area contributed by atoms with Crippen molar-refractivity contribution in [2.45, 2.75) is 52.1 Å². The van der Waals surface area contributed by atoms with Gasteiger partial charge in [0.05, 0.1) is 6.61 Å². The fourth-order valence-corrected chi connectivity index (χ4v) is 4.07. The molecule has 2 aromatic rings. The molecule has 0 aliphatic carbocycles. The number of benzene rings is 1. The summed E-state index contributed by atoms with van der Waals surface area (Å²) in [5.41, 5.74) is 9.33. The van der Waals surface area contributed by atoms with Gasteiger partial charge >= 0.3 is 6.01 Å². The molecule has 4 rings (SSSR count). The average molecular weight is 422 g/mol. The average Bonchev–Trinajstić information content (AvgIpc) is 3.20. The fraction of sp³-hybridized carbons (Fsp3) is 0.458.